The maximum Gasteiger partial charge on any atom is 0.227 e. The molecule has 1 saturated heterocycles. The summed E-state index contributed by atoms with van der Waals surface area (Å²) in [6.45, 7) is 2.12. The van der Waals surface area contributed by atoms with Crippen LogP contribution >= 0.6 is 0 Å². The van der Waals surface area contributed by atoms with Crippen molar-refractivity contribution in [1.82, 2.24) is 14.9 Å². The number of aromatic nitrogens is 2. The standard InChI is InChI=1S/C14H22N4O/c15-10-12(9-13-5-6-16-11-17-13)14(19)18-7-3-1-2-4-8-18/h5-6,11-12H,1-4,7-10,15H2. The largest absolute Gasteiger partial charge is 0.342 e. The van der Waals surface area contributed by atoms with Gasteiger partial charge in [0.05, 0.1) is 5.92 Å². The van der Waals surface area contributed by atoms with Crippen LogP contribution in [0.3, 0.4) is 0 Å². The van der Waals surface area contributed by atoms with Crippen LogP contribution in [0.2, 0.25) is 0 Å². The lowest BCUT2D eigenvalue weighted by Gasteiger charge is -2.25. The fraction of sp³-hybridized carbons (Fsp3) is 0.643. The molecule has 2 rings (SSSR count). The Kier molecular flexibility index (Phi) is 5.27. The minimum absolute atomic E-state index is 0.159. The average molecular weight is 262 g/mol. The van der Waals surface area contributed by atoms with Crippen molar-refractivity contribution in [2.24, 2.45) is 11.7 Å². The normalized spacial score (nSPS) is 17.8. The van der Waals surface area contributed by atoms with E-state index in [0.29, 0.717) is 13.0 Å². The zero-order valence-electron chi connectivity index (χ0n) is 11.3. The first kappa shape index (κ1) is 13.9. The Hall–Kier alpha value is -1.49. The second kappa shape index (κ2) is 7.19. The van der Waals surface area contributed by atoms with E-state index in [1.807, 2.05) is 11.0 Å². The maximum absolute atomic E-state index is 12.5. The Labute approximate surface area is 114 Å². The number of likely N-dealkylation sites (tertiary alicyclic amines) is 1. The third-order valence-corrected chi connectivity index (χ3v) is 3.65. The highest BCUT2D eigenvalue weighted by molar-refractivity contribution is 5.79. The molecule has 0 bridgehead atoms. The van der Waals surface area contributed by atoms with Crippen molar-refractivity contribution in [3.63, 3.8) is 0 Å². The van der Waals surface area contributed by atoms with Crippen LogP contribution in [-0.2, 0) is 11.2 Å². The average Bonchev–Trinajstić information content (AvgIpc) is 2.74. The van der Waals surface area contributed by atoms with Gasteiger partial charge in [0.15, 0.2) is 0 Å². The smallest absolute Gasteiger partial charge is 0.227 e. The Bertz CT molecular complexity index is 388. The summed E-state index contributed by atoms with van der Waals surface area (Å²) in [5, 5.41) is 0. The molecule has 2 N–H and O–H groups in total. The van der Waals surface area contributed by atoms with Gasteiger partial charge in [0.2, 0.25) is 5.91 Å². The molecule has 0 radical (unpaired) electrons. The zero-order chi connectivity index (χ0) is 13.5. The summed E-state index contributed by atoms with van der Waals surface area (Å²) in [5.74, 6) is 0.0241. The molecule has 1 fully saturated rings. The summed E-state index contributed by atoms with van der Waals surface area (Å²) in [6, 6.07) is 1.85. The van der Waals surface area contributed by atoms with E-state index in [4.69, 9.17) is 5.73 Å². The Morgan fingerprint density at radius 3 is 2.63 bits per heavy atom. The second-order valence-corrected chi connectivity index (χ2v) is 5.08. The molecule has 0 spiro atoms. The van der Waals surface area contributed by atoms with Gasteiger partial charge in [-0.1, -0.05) is 12.8 Å². The van der Waals surface area contributed by atoms with Crippen molar-refractivity contribution < 1.29 is 4.79 Å². The van der Waals surface area contributed by atoms with Gasteiger partial charge in [-0.15, -0.1) is 0 Å². The van der Waals surface area contributed by atoms with Gasteiger partial charge in [-0.3, -0.25) is 4.79 Å². The lowest BCUT2D eigenvalue weighted by Crippen LogP contribution is -2.40. The molecule has 1 unspecified atom stereocenters. The molecule has 104 valence electrons. The number of hydrogen-bond donors (Lipinski definition) is 1. The zero-order valence-corrected chi connectivity index (χ0v) is 11.3. The minimum Gasteiger partial charge on any atom is -0.342 e. The number of carbonyl (C=O) groups is 1. The SMILES string of the molecule is NCC(Cc1ccncn1)C(=O)N1CCCCCC1. The fourth-order valence-corrected chi connectivity index (χ4v) is 2.51. The summed E-state index contributed by atoms with van der Waals surface area (Å²) in [6.07, 6.45) is 8.49. The van der Waals surface area contributed by atoms with E-state index in [-0.39, 0.29) is 11.8 Å². The predicted molar refractivity (Wildman–Crippen MR) is 73.3 cm³/mol. The number of nitrogens with two attached hydrogens (primary N) is 1. The first-order chi connectivity index (χ1) is 9.31. The van der Waals surface area contributed by atoms with Crippen molar-refractivity contribution in [2.45, 2.75) is 32.1 Å². The van der Waals surface area contributed by atoms with Crippen LogP contribution in [-0.4, -0.2) is 40.4 Å². The topological polar surface area (TPSA) is 72.1 Å². The fourth-order valence-electron chi connectivity index (χ4n) is 2.51. The maximum atomic E-state index is 12.5. The lowest BCUT2D eigenvalue weighted by atomic mass is 10.0. The molecule has 19 heavy (non-hydrogen) atoms. The molecule has 0 aromatic carbocycles. The molecule has 5 heteroatoms. The van der Waals surface area contributed by atoms with E-state index in [1.165, 1.54) is 19.2 Å². The van der Waals surface area contributed by atoms with Crippen LogP contribution in [0, 0.1) is 5.92 Å². The molecular formula is C14H22N4O. The van der Waals surface area contributed by atoms with Crippen LogP contribution in [0.5, 0.6) is 0 Å². The van der Waals surface area contributed by atoms with Gasteiger partial charge >= 0.3 is 0 Å². The number of hydrogen-bond acceptors (Lipinski definition) is 4. The van der Waals surface area contributed by atoms with E-state index < -0.39 is 0 Å². The highest BCUT2D eigenvalue weighted by Crippen LogP contribution is 2.14. The molecule has 1 atom stereocenters. The number of nitrogens with zero attached hydrogens (tertiary/aromatic N) is 3. The van der Waals surface area contributed by atoms with Gasteiger partial charge in [0.25, 0.3) is 0 Å². The van der Waals surface area contributed by atoms with Crippen LogP contribution in [0.1, 0.15) is 31.4 Å². The molecular weight excluding hydrogens is 240 g/mol. The molecule has 5 nitrogen and oxygen atoms in total. The summed E-state index contributed by atoms with van der Waals surface area (Å²) >= 11 is 0. The van der Waals surface area contributed by atoms with Crippen molar-refractivity contribution >= 4 is 5.91 Å². The van der Waals surface area contributed by atoms with E-state index in [1.54, 1.807) is 6.20 Å². The number of rotatable bonds is 4. The first-order valence-electron chi connectivity index (χ1n) is 7.05. The van der Waals surface area contributed by atoms with Crippen molar-refractivity contribution in [1.29, 1.82) is 0 Å². The van der Waals surface area contributed by atoms with Gasteiger partial charge in [-0.25, -0.2) is 9.97 Å². The molecule has 2 heterocycles. The second-order valence-electron chi connectivity index (χ2n) is 5.08. The monoisotopic (exact) mass is 262 g/mol. The Balaban J connectivity index is 1.98. The molecule has 1 aliphatic heterocycles. The molecule has 1 aliphatic rings. The molecule has 1 aromatic heterocycles. The first-order valence-corrected chi connectivity index (χ1v) is 7.05. The van der Waals surface area contributed by atoms with Crippen LogP contribution in [0.15, 0.2) is 18.6 Å². The Morgan fingerprint density at radius 1 is 1.32 bits per heavy atom. The molecule has 0 saturated carbocycles. The number of carbonyl (C=O) groups excluding carboxylic acids is 1. The number of amides is 1. The summed E-state index contributed by atoms with van der Waals surface area (Å²) in [4.78, 5) is 22.5. The third-order valence-electron chi connectivity index (χ3n) is 3.65. The van der Waals surface area contributed by atoms with Crippen molar-refractivity contribution in [3.05, 3.63) is 24.3 Å². The highest BCUT2D eigenvalue weighted by atomic mass is 16.2. The van der Waals surface area contributed by atoms with Crippen LogP contribution < -0.4 is 5.73 Å². The quantitative estimate of drug-likeness (QED) is 0.878. The van der Waals surface area contributed by atoms with Crippen LogP contribution in [0.4, 0.5) is 0 Å². The Morgan fingerprint density at radius 2 is 2.05 bits per heavy atom. The van der Waals surface area contributed by atoms with Gasteiger partial charge in [0.1, 0.15) is 6.33 Å². The van der Waals surface area contributed by atoms with Gasteiger partial charge in [-0.05, 0) is 18.9 Å². The predicted octanol–water partition coefficient (Wildman–Crippen LogP) is 0.997. The van der Waals surface area contributed by atoms with Crippen LogP contribution in [0.25, 0.3) is 0 Å². The van der Waals surface area contributed by atoms with Crippen molar-refractivity contribution in [2.75, 3.05) is 19.6 Å². The van der Waals surface area contributed by atoms with E-state index in [9.17, 15) is 4.79 Å². The van der Waals surface area contributed by atoms with E-state index in [0.717, 1.165) is 31.6 Å². The molecule has 1 aromatic rings. The minimum atomic E-state index is -0.159. The van der Waals surface area contributed by atoms with E-state index in [2.05, 4.69) is 9.97 Å². The van der Waals surface area contributed by atoms with E-state index >= 15 is 0 Å². The van der Waals surface area contributed by atoms with Gasteiger partial charge in [-0.2, -0.15) is 0 Å². The molecule has 0 aliphatic carbocycles. The summed E-state index contributed by atoms with van der Waals surface area (Å²) < 4.78 is 0. The summed E-state index contributed by atoms with van der Waals surface area (Å²) in [7, 11) is 0. The van der Waals surface area contributed by atoms with Gasteiger partial charge in [0, 0.05) is 37.9 Å². The lowest BCUT2D eigenvalue weighted by molar-refractivity contribution is -0.135. The molecule has 1 amide bonds. The van der Waals surface area contributed by atoms with Crippen molar-refractivity contribution in [3.8, 4) is 0 Å². The highest BCUT2D eigenvalue weighted by Gasteiger charge is 2.24. The third kappa shape index (κ3) is 3.99. The summed E-state index contributed by atoms with van der Waals surface area (Å²) in [5.41, 5.74) is 6.66. The van der Waals surface area contributed by atoms with Gasteiger partial charge < -0.3 is 10.6 Å².